The van der Waals surface area contributed by atoms with Crippen LogP contribution in [0.2, 0.25) is 0 Å². The molecule has 21 heavy (non-hydrogen) atoms. The molecule has 2 unspecified atom stereocenters. The molecule has 0 aromatic rings. The third-order valence-electron chi connectivity index (χ3n) is 5.35. The van der Waals surface area contributed by atoms with E-state index in [1.54, 1.807) is 0 Å². The molecule has 2 aliphatic rings. The average Bonchev–Trinajstić information content (AvgIpc) is 2.94. The minimum atomic E-state index is -3.00. The van der Waals surface area contributed by atoms with Crippen molar-refractivity contribution in [1.82, 2.24) is 5.32 Å². The van der Waals surface area contributed by atoms with Crippen LogP contribution in [-0.2, 0) is 9.84 Å². The monoisotopic (exact) mass is 315 g/mol. The molecule has 124 valence electrons. The highest BCUT2D eigenvalue weighted by Crippen LogP contribution is 2.61. The number of rotatable bonds is 7. The summed E-state index contributed by atoms with van der Waals surface area (Å²) in [4.78, 5) is 0. The van der Waals surface area contributed by atoms with E-state index in [0.717, 1.165) is 31.3 Å². The SMILES string of the molecule is CC(C)CNCC1(CCS(=O)(=O)C(C)(C)C)CC2CC2C1. The third kappa shape index (κ3) is 4.22. The lowest BCUT2D eigenvalue weighted by molar-refractivity contribution is 0.238. The molecule has 0 heterocycles. The first-order chi connectivity index (χ1) is 9.55. The fourth-order valence-corrected chi connectivity index (χ4v) is 5.04. The van der Waals surface area contributed by atoms with Gasteiger partial charge in [-0.15, -0.1) is 0 Å². The minimum Gasteiger partial charge on any atom is -0.316 e. The van der Waals surface area contributed by atoms with Gasteiger partial charge in [0.15, 0.2) is 9.84 Å². The molecule has 0 bridgehead atoms. The van der Waals surface area contributed by atoms with Crippen LogP contribution < -0.4 is 5.32 Å². The highest BCUT2D eigenvalue weighted by molar-refractivity contribution is 7.92. The summed E-state index contributed by atoms with van der Waals surface area (Å²) in [5.41, 5.74) is 0.237. The summed E-state index contributed by atoms with van der Waals surface area (Å²) < 4.78 is 24.2. The van der Waals surface area contributed by atoms with E-state index in [1.807, 2.05) is 20.8 Å². The molecule has 0 radical (unpaired) electrons. The first-order valence-corrected chi connectivity index (χ1v) is 10.1. The van der Waals surface area contributed by atoms with Gasteiger partial charge in [0.2, 0.25) is 0 Å². The summed E-state index contributed by atoms with van der Waals surface area (Å²) in [7, 11) is -3.00. The van der Waals surface area contributed by atoms with Crippen LogP contribution >= 0.6 is 0 Å². The molecule has 2 rings (SSSR count). The standard InChI is InChI=1S/C17H33NO2S/c1-13(2)11-18-12-17(9-14-8-15(14)10-17)6-7-21(19,20)16(3,4)5/h13-15,18H,6-12H2,1-5H3. The molecule has 0 spiro atoms. The van der Waals surface area contributed by atoms with Crippen molar-refractivity contribution in [3.05, 3.63) is 0 Å². The molecule has 0 aromatic heterocycles. The third-order valence-corrected chi connectivity index (χ3v) is 7.95. The summed E-state index contributed by atoms with van der Waals surface area (Å²) >= 11 is 0. The van der Waals surface area contributed by atoms with E-state index in [-0.39, 0.29) is 5.41 Å². The molecule has 1 N–H and O–H groups in total. The fourth-order valence-electron chi connectivity index (χ4n) is 3.73. The van der Waals surface area contributed by atoms with Crippen LogP contribution in [0.1, 0.15) is 60.3 Å². The minimum absolute atomic E-state index is 0.237. The van der Waals surface area contributed by atoms with Crippen molar-refractivity contribution in [3.8, 4) is 0 Å². The number of fused-ring (bicyclic) bond motifs is 1. The topological polar surface area (TPSA) is 46.2 Å². The molecule has 0 saturated heterocycles. The predicted octanol–water partition coefficient (Wildman–Crippen LogP) is 3.25. The molecular weight excluding hydrogens is 282 g/mol. The van der Waals surface area contributed by atoms with Crippen molar-refractivity contribution in [2.24, 2.45) is 23.2 Å². The number of nitrogens with one attached hydrogen (secondary N) is 1. The second-order valence-corrected chi connectivity index (χ2v) is 11.7. The lowest BCUT2D eigenvalue weighted by atomic mass is 9.80. The Kier molecular flexibility index (Phi) is 4.80. The van der Waals surface area contributed by atoms with Crippen molar-refractivity contribution in [2.45, 2.75) is 65.0 Å². The summed E-state index contributed by atoms with van der Waals surface area (Å²) in [5.74, 6) is 2.78. The largest absolute Gasteiger partial charge is 0.316 e. The van der Waals surface area contributed by atoms with Crippen LogP contribution in [0.3, 0.4) is 0 Å². The maximum absolute atomic E-state index is 12.4. The highest BCUT2D eigenvalue weighted by Gasteiger charge is 2.53. The van der Waals surface area contributed by atoms with E-state index in [9.17, 15) is 8.42 Å². The summed E-state index contributed by atoms with van der Waals surface area (Å²) in [6, 6.07) is 0. The van der Waals surface area contributed by atoms with Gasteiger partial charge in [0, 0.05) is 6.54 Å². The van der Waals surface area contributed by atoms with Crippen LogP contribution in [0.25, 0.3) is 0 Å². The Balaban J connectivity index is 1.94. The molecule has 4 heteroatoms. The van der Waals surface area contributed by atoms with Crippen LogP contribution in [0.4, 0.5) is 0 Å². The van der Waals surface area contributed by atoms with Crippen LogP contribution in [0.5, 0.6) is 0 Å². The van der Waals surface area contributed by atoms with Crippen molar-refractivity contribution >= 4 is 9.84 Å². The van der Waals surface area contributed by atoms with E-state index in [1.165, 1.54) is 19.3 Å². The predicted molar refractivity (Wildman–Crippen MR) is 89.1 cm³/mol. The molecular formula is C17H33NO2S. The summed E-state index contributed by atoms with van der Waals surface area (Å²) in [5, 5.41) is 3.59. The van der Waals surface area contributed by atoms with Crippen molar-refractivity contribution in [2.75, 3.05) is 18.8 Å². The van der Waals surface area contributed by atoms with E-state index in [2.05, 4.69) is 19.2 Å². The maximum Gasteiger partial charge on any atom is 0.155 e. The maximum atomic E-state index is 12.4. The smallest absolute Gasteiger partial charge is 0.155 e. The number of sulfone groups is 1. The van der Waals surface area contributed by atoms with Gasteiger partial charge >= 0.3 is 0 Å². The van der Waals surface area contributed by atoms with E-state index in [0.29, 0.717) is 11.7 Å². The molecule has 3 nitrogen and oxygen atoms in total. The van der Waals surface area contributed by atoms with Crippen LogP contribution in [0, 0.1) is 23.2 Å². The Morgan fingerprint density at radius 1 is 1.19 bits per heavy atom. The van der Waals surface area contributed by atoms with Gasteiger partial charge in [0.25, 0.3) is 0 Å². The lowest BCUT2D eigenvalue weighted by Crippen LogP contribution is -2.38. The van der Waals surface area contributed by atoms with E-state index >= 15 is 0 Å². The summed E-state index contributed by atoms with van der Waals surface area (Å²) in [6.07, 6.45) is 4.70. The first kappa shape index (κ1) is 17.3. The van der Waals surface area contributed by atoms with Crippen molar-refractivity contribution < 1.29 is 8.42 Å². The van der Waals surface area contributed by atoms with Gasteiger partial charge in [-0.05, 0) is 76.2 Å². The number of hydrogen-bond acceptors (Lipinski definition) is 3. The van der Waals surface area contributed by atoms with Crippen molar-refractivity contribution in [3.63, 3.8) is 0 Å². The quantitative estimate of drug-likeness (QED) is 0.784. The Morgan fingerprint density at radius 3 is 2.24 bits per heavy atom. The molecule has 0 aromatic carbocycles. The van der Waals surface area contributed by atoms with E-state index in [4.69, 9.17) is 0 Å². The lowest BCUT2D eigenvalue weighted by Gasteiger charge is -2.33. The fraction of sp³-hybridized carbons (Fsp3) is 1.00. The Morgan fingerprint density at radius 2 is 1.76 bits per heavy atom. The first-order valence-electron chi connectivity index (χ1n) is 8.48. The summed E-state index contributed by atoms with van der Waals surface area (Å²) in [6.45, 7) is 11.9. The molecule has 0 aliphatic heterocycles. The molecule has 2 fully saturated rings. The zero-order chi connectivity index (χ0) is 15.9. The Bertz CT molecular complexity index is 452. The highest BCUT2D eigenvalue weighted by atomic mass is 32.2. The Hall–Kier alpha value is -0.0900. The number of hydrogen-bond donors (Lipinski definition) is 1. The molecule has 2 saturated carbocycles. The van der Waals surface area contributed by atoms with Crippen molar-refractivity contribution in [1.29, 1.82) is 0 Å². The van der Waals surface area contributed by atoms with E-state index < -0.39 is 14.6 Å². The van der Waals surface area contributed by atoms with Gasteiger partial charge in [-0.2, -0.15) is 0 Å². The van der Waals surface area contributed by atoms with Crippen LogP contribution in [0.15, 0.2) is 0 Å². The molecule has 0 amide bonds. The second-order valence-electron chi connectivity index (χ2n) is 8.87. The van der Waals surface area contributed by atoms with Gasteiger partial charge < -0.3 is 5.32 Å². The van der Waals surface area contributed by atoms with Gasteiger partial charge in [0.1, 0.15) is 0 Å². The average molecular weight is 316 g/mol. The normalized spacial score (nSPS) is 32.5. The van der Waals surface area contributed by atoms with Gasteiger partial charge in [0.05, 0.1) is 10.5 Å². The molecule has 2 atom stereocenters. The van der Waals surface area contributed by atoms with Crippen LogP contribution in [-0.4, -0.2) is 32.0 Å². The van der Waals surface area contributed by atoms with Gasteiger partial charge in [-0.1, -0.05) is 13.8 Å². The molecule has 2 aliphatic carbocycles. The van der Waals surface area contributed by atoms with Gasteiger partial charge in [-0.3, -0.25) is 0 Å². The van der Waals surface area contributed by atoms with Gasteiger partial charge in [-0.25, -0.2) is 8.42 Å². The second kappa shape index (κ2) is 5.84. The Labute approximate surface area is 131 Å². The zero-order valence-electron chi connectivity index (χ0n) is 14.4. The zero-order valence-corrected chi connectivity index (χ0v) is 15.2.